The summed E-state index contributed by atoms with van der Waals surface area (Å²) in [6.07, 6.45) is 0. The van der Waals surface area contributed by atoms with E-state index in [4.69, 9.17) is 11.6 Å². The molecule has 2 aromatic carbocycles. The van der Waals surface area contributed by atoms with Crippen LogP contribution in [0, 0.1) is 6.92 Å². The van der Waals surface area contributed by atoms with Crippen LogP contribution in [0.25, 0.3) is 21.7 Å². The Labute approximate surface area is 144 Å². The average molecular weight is 343 g/mol. The summed E-state index contributed by atoms with van der Waals surface area (Å²) in [5.74, 6) is -0.337. The number of carbonyl (C=O) groups is 1. The van der Waals surface area contributed by atoms with Crippen molar-refractivity contribution < 1.29 is 4.79 Å². The molecule has 1 N–H and O–H groups in total. The molecule has 1 aromatic heterocycles. The number of amides is 1. The Morgan fingerprint density at radius 1 is 1.09 bits per heavy atom. The van der Waals surface area contributed by atoms with Crippen LogP contribution in [0.2, 0.25) is 0 Å². The molecule has 0 saturated heterocycles. The number of nitrogens with zero attached hydrogens (tertiary/aromatic N) is 1. The lowest BCUT2D eigenvalue weighted by Gasteiger charge is -2.03. The minimum Gasteiger partial charge on any atom is -0.301 e. The lowest BCUT2D eigenvalue weighted by Crippen LogP contribution is -2.12. The highest BCUT2D eigenvalue weighted by molar-refractivity contribution is 7.19. The highest BCUT2D eigenvalue weighted by atomic mass is 35.5. The molecule has 0 aliphatic carbocycles. The van der Waals surface area contributed by atoms with Gasteiger partial charge in [0.1, 0.15) is 5.88 Å². The van der Waals surface area contributed by atoms with E-state index in [1.54, 1.807) is 0 Å². The second-order valence-electron chi connectivity index (χ2n) is 5.11. The van der Waals surface area contributed by atoms with Gasteiger partial charge < -0.3 is 5.32 Å². The molecule has 0 atom stereocenters. The molecule has 0 aliphatic heterocycles. The van der Waals surface area contributed by atoms with E-state index in [2.05, 4.69) is 29.4 Å². The SMILES string of the molecule is Cc1ccc(-c2nc(NC(=O)CCl)sc2-c2ccccc2)cc1. The number of nitrogens with one attached hydrogen (secondary N) is 1. The summed E-state index contributed by atoms with van der Waals surface area (Å²) in [5.41, 5.74) is 4.16. The largest absolute Gasteiger partial charge is 0.301 e. The Hall–Kier alpha value is -2.17. The third kappa shape index (κ3) is 3.60. The minimum atomic E-state index is -0.254. The van der Waals surface area contributed by atoms with Crippen molar-refractivity contribution in [3.8, 4) is 21.7 Å². The van der Waals surface area contributed by atoms with Crippen molar-refractivity contribution in [3.05, 3.63) is 60.2 Å². The first-order chi connectivity index (χ1) is 11.2. The summed E-state index contributed by atoms with van der Waals surface area (Å²) in [6, 6.07) is 18.2. The Kier molecular flexibility index (Phi) is 4.74. The van der Waals surface area contributed by atoms with E-state index in [0.29, 0.717) is 5.13 Å². The van der Waals surface area contributed by atoms with E-state index in [-0.39, 0.29) is 11.8 Å². The van der Waals surface area contributed by atoms with Crippen molar-refractivity contribution in [2.75, 3.05) is 11.2 Å². The van der Waals surface area contributed by atoms with Gasteiger partial charge in [0.25, 0.3) is 0 Å². The molecule has 3 rings (SSSR count). The van der Waals surface area contributed by atoms with Crippen molar-refractivity contribution in [2.24, 2.45) is 0 Å². The second-order valence-corrected chi connectivity index (χ2v) is 6.38. The number of anilines is 1. The lowest BCUT2D eigenvalue weighted by molar-refractivity contribution is -0.113. The van der Waals surface area contributed by atoms with Crippen molar-refractivity contribution in [1.29, 1.82) is 0 Å². The van der Waals surface area contributed by atoms with Gasteiger partial charge in [0.05, 0.1) is 10.6 Å². The van der Waals surface area contributed by atoms with Crippen LogP contribution < -0.4 is 5.32 Å². The van der Waals surface area contributed by atoms with E-state index in [0.717, 1.165) is 21.7 Å². The van der Waals surface area contributed by atoms with Crippen LogP contribution in [0.15, 0.2) is 54.6 Å². The molecule has 0 aliphatic rings. The van der Waals surface area contributed by atoms with Gasteiger partial charge >= 0.3 is 0 Å². The fraction of sp³-hybridized carbons (Fsp3) is 0.111. The fourth-order valence-corrected chi connectivity index (χ4v) is 3.29. The topological polar surface area (TPSA) is 42.0 Å². The molecule has 0 fully saturated rings. The number of alkyl halides is 1. The van der Waals surface area contributed by atoms with Gasteiger partial charge in [-0.05, 0) is 12.5 Å². The van der Waals surface area contributed by atoms with Gasteiger partial charge in [-0.3, -0.25) is 4.79 Å². The number of thiazole rings is 1. The Bertz CT molecular complexity index is 813. The zero-order valence-corrected chi connectivity index (χ0v) is 14.1. The van der Waals surface area contributed by atoms with Gasteiger partial charge in [0, 0.05) is 5.56 Å². The highest BCUT2D eigenvalue weighted by Crippen LogP contribution is 2.38. The predicted molar refractivity (Wildman–Crippen MR) is 97.1 cm³/mol. The number of hydrogen-bond acceptors (Lipinski definition) is 3. The third-order valence-corrected chi connectivity index (χ3v) is 4.62. The number of benzene rings is 2. The molecule has 0 radical (unpaired) electrons. The molecule has 116 valence electrons. The molecule has 5 heteroatoms. The first-order valence-corrected chi connectivity index (χ1v) is 8.51. The van der Waals surface area contributed by atoms with Crippen molar-refractivity contribution in [2.45, 2.75) is 6.92 Å². The Balaban J connectivity index is 2.08. The van der Waals surface area contributed by atoms with Crippen LogP contribution in [-0.2, 0) is 4.79 Å². The first kappa shape index (κ1) is 15.7. The van der Waals surface area contributed by atoms with E-state index < -0.39 is 0 Å². The zero-order chi connectivity index (χ0) is 16.2. The van der Waals surface area contributed by atoms with Crippen molar-refractivity contribution in [3.63, 3.8) is 0 Å². The fourth-order valence-electron chi connectivity index (χ4n) is 2.22. The van der Waals surface area contributed by atoms with Gasteiger partial charge in [-0.15, -0.1) is 11.6 Å². The first-order valence-electron chi connectivity index (χ1n) is 7.16. The maximum atomic E-state index is 11.5. The zero-order valence-electron chi connectivity index (χ0n) is 12.5. The van der Waals surface area contributed by atoms with Crippen molar-refractivity contribution in [1.82, 2.24) is 4.98 Å². The number of aryl methyl sites for hydroxylation is 1. The lowest BCUT2D eigenvalue weighted by atomic mass is 10.1. The average Bonchev–Trinajstić information content (AvgIpc) is 3.00. The highest BCUT2D eigenvalue weighted by Gasteiger charge is 2.16. The van der Waals surface area contributed by atoms with Crippen LogP contribution >= 0.6 is 22.9 Å². The number of hydrogen-bond donors (Lipinski definition) is 1. The summed E-state index contributed by atoms with van der Waals surface area (Å²) in [6.45, 7) is 2.05. The Morgan fingerprint density at radius 2 is 1.78 bits per heavy atom. The molecule has 0 bridgehead atoms. The van der Waals surface area contributed by atoms with Gasteiger partial charge in [0.15, 0.2) is 5.13 Å². The van der Waals surface area contributed by atoms with Crippen molar-refractivity contribution >= 4 is 34.0 Å². The van der Waals surface area contributed by atoms with Gasteiger partial charge in [-0.25, -0.2) is 4.98 Å². The molecule has 3 aromatic rings. The van der Waals surface area contributed by atoms with Crippen LogP contribution in [0.4, 0.5) is 5.13 Å². The quantitative estimate of drug-likeness (QED) is 0.681. The van der Waals surface area contributed by atoms with Crippen LogP contribution in [0.1, 0.15) is 5.56 Å². The number of rotatable bonds is 4. The van der Waals surface area contributed by atoms with Crippen LogP contribution in [0.5, 0.6) is 0 Å². The number of carbonyl (C=O) groups excluding carboxylic acids is 1. The third-order valence-electron chi connectivity index (χ3n) is 3.36. The van der Waals surface area contributed by atoms with E-state index in [1.165, 1.54) is 16.9 Å². The molecular formula is C18H15ClN2OS. The molecule has 0 unspecified atom stereocenters. The Morgan fingerprint density at radius 3 is 2.43 bits per heavy atom. The summed E-state index contributed by atoms with van der Waals surface area (Å²) >= 11 is 7.02. The summed E-state index contributed by atoms with van der Waals surface area (Å²) in [7, 11) is 0. The summed E-state index contributed by atoms with van der Waals surface area (Å²) in [4.78, 5) is 17.2. The summed E-state index contributed by atoms with van der Waals surface area (Å²) < 4.78 is 0. The maximum absolute atomic E-state index is 11.5. The minimum absolute atomic E-state index is 0.0832. The molecule has 23 heavy (non-hydrogen) atoms. The molecular weight excluding hydrogens is 328 g/mol. The van der Waals surface area contributed by atoms with Crippen LogP contribution in [-0.4, -0.2) is 16.8 Å². The predicted octanol–water partition coefficient (Wildman–Crippen LogP) is 4.96. The molecule has 1 amide bonds. The van der Waals surface area contributed by atoms with Crippen LogP contribution in [0.3, 0.4) is 0 Å². The van der Waals surface area contributed by atoms with E-state index in [1.807, 2.05) is 42.5 Å². The summed E-state index contributed by atoms with van der Waals surface area (Å²) in [5, 5.41) is 3.30. The molecule has 0 spiro atoms. The van der Waals surface area contributed by atoms with E-state index in [9.17, 15) is 4.79 Å². The second kappa shape index (κ2) is 6.94. The monoisotopic (exact) mass is 342 g/mol. The van der Waals surface area contributed by atoms with Gasteiger partial charge in [0.2, 0.25) is 5.91 Å². The maximum Gasteiger partial charge on any atom is 0.241 e. The number of aromatic nitrogens is 1. The smallest absolute Gasteiger partial charge is 0.241 e. The van der Waals surface area contributed by atoms with E-state index >= 15 is 0 Å². The normalized spacial score (nSPS) is 10.5. The molecule has 3 nitrogen and oxygen atoms in total. The molecule has 0 saturated carbocycles. The van der Waals surface area contributed by atoms with Gasteiger partial charge in [-0.2, -0.15) is 0 Å². The molecule has 1 heterocycles. The number of halogens is 1. The van der Waals surface area contributed by atoms with Gasteiger partial charge in [-0.1, -0.05) is 71.5 Å². The standard InChI is InChI=1S/C18H15ClN2OS/c1-12-7-9-13(10-8-12)16-17(14-5-3-2-4-6-14)23-18(21-16)20-15(22)11-19/h2-10H,11H2,1H3,(H,20,21,22).